The molecule has 0 fully saturated rings. The topological polar surface area (TPSA) is 91.3 Å². The summed E-state index contributed by atoms with van der Waals surface area (Å²) >= 11 is 0. The minimum atomic E-state index is -0.873. The van der Waals surface area contributed by atoms with Crippen LogP contribution >= 0.6 is 0 Å². The van der Waals surface area contributed by atoms with Crippen LogP contribution in [0.4, 0.5) is 11.4 Å². The number of carbonyl (C=O) groups is 2. The first kappa shape index (κ1) is 18.1. The Bertz CT molecular complexity index is 1270. The van der Waals surface area contributed by atoms with Crippen molar-refractivity contribution < 1.29 is 14.7 Å². The van der Waals surface area contributed by atoms with E-state index in [-0.39, 0.29) is 12.2 Å². The molecule has 2 heterocycles. The minimum Gasteiger partial charge on any atom is -0.481 e. The summed E-state index contributed by atoms with van der Waals surface area (Å²) in [7, 11) is 0. The predicted molar refractivity (Wildman–Crippen MR) is 116 cm³/mol. The van der Waals surface area contributed by atoms with Gasteiger partial charge >= 0.3 is 5.97 Å². The molecule has 2 aromatic carbocycles. The van der Waals surface area contributed by atoms with E-state index in [1.807, 2.05) is 48.7 Å². The molecule has 0 amide bonds. The maximum Gasteiger partial charge on any atom is 0.307 e. The number of carboxylic acids is 1. The lowest BCUT2D eigenvalue weighted by atomic mass is 9.88. The van der Waals surface area contributed by atoms with Gasteiger partial charge in [-0.2, -0.15) is 0 Å². The van der Waals surface area contributed by atoms with Crippen LogP contribution in [0.5, 0.6) is 0 Å². The van der Waals surface area contributed by atoms with Gasteiger partial charge in [-0.05, 0) is 46.4 Å². The highest BCUT2D eigenvalue weighted by Gasteiger charge is 2.25. The number of ketones is 1. The van der Waals surface area contributed by atoms with Crippen LogP contribution in [0, 0.1) is 0 Å². The lowest BCUT2D eigenvalue weighted by Crippen LogP contribution is -2.18. The van der Waals surface area contributed by atoms with Crippen LogP contribution in [0.2, 0.25) is 0 Å². The third-order valence-corrected chi connectivity index (χ3v) is 5.52. The van der Waals surface area contributed by atoms with Gasteiger partial charge < -0.3 is 15.7 Å². The van der Waals surface area contributed by atoms with E-state index in [1.54, 1.807) is 12.3 Å². The second-order valence-corrected chi connectivity index (χ2v) is 7.49. The number of aromatic nitrogens is 1. The highest BCUT2D eigenvalue weighted by atomic mass is 16.4. The van der Waals surface area contributed by atoms with Gasteiger partial charge in [0.25, 0.3) is 0 Å². The molecular formula is C24H19N3O3. The third kappa shape index (κ3) is 3.22. The molecule has 1 aliphatic carbocycles. The molecule has 5 rings (SSSR count). The molecule has 30 heavy (non-hydrogen) atoms. The summed E-state index contributed by atoms with van der Waals surface area (Å²) in [6, 6.07) is 13.5. The maximum absolute atomic E-state index is 13.0. The molecule has 6 nitrogen and oxygen atoms in total. The highest BCUT2D eigenvalue weighted by Crippen LogP contribution is 2.36. The van der Waals surface area contributed by atoms with Gasteiger partial charge in [-0.15, -0.1) is 0 Å². The van der Waals surface area contributed by atoms with E-state index in [1.165, 1.54) is 0 Å². The van der Waals surface area contributed by atoms with Gasteiger partial charge in [-0.25, -0.2) is 0 Å². The molecule has 6 heteroatoms. The summed E-state index contributed by atoms with van der Waals surface area (Å²) in [6.07, 6.45) is 5.94. The SMILES string of the molecule is O=C(O)Cc1ccc2c(c1)NCC1=C(C=C(c3cccc4cnccc34)CC1=O)N2. The Hall–Kier alpha value is -3.93. The van der Waals surface area contributed by atoms with Crippen LogP contribution < -0.4 is 10.6 Å². The van der Waals surface area contributed by atoms with E-state index in [0.29, 0.717) is 24.1 Å². The number of pyridine rings is 1. The third-order valence-electron chi connectivity index (χ3n) is 5.52. The van der Waals surface area contributed by atoms with Gasteiger partial charge in [0.05, 0.1) is 17.8 Å². The van der Waals surface area contributed by atoms with E-state index in [9.17, 15) is 9.59 Å². The average Bonchev–Trinajstić information content (AvgIpc) is 2.92. The minimum absolute atomic E-state index is 0.0407. The Balaban J connectivity index is 1.54. The number of Topliss-reactive ketones (excluding diaryl/α,β-unsaturated/α-hetero) is 1. The highest BCUT2D eigenvalue weighted by molar-refractivity contribution is 6.09. The molecule has 0 bridgehead atoms. The van der Waals surface area contributed by atoms with E-state index in [0.717, 1.165) is 39.0 Å². The van der Waals surface area contributed by atoms with Crippen molar-refractivity contribution in [2.24, 2.45) is 0 Å². The largest absolute Gasteiger partial charge is 0.481 e. The molecule has 1 aliphatic heterocycles. The second kappa shape index (κ2) is 7.15. The predicted octanol–water partition coefficient (Wildman–Crippen LogP) is 4.01. The van der Waals surface area contributed by atoms with Crippen molar-refractivity contribution in [3.8, 4) is 0 Å². The van der Waals surface area contributed by atoms with Crippen LogP contribution in [-0.4, -0.2) is 28.4 Å². The van der Waals surface area contributed by atoms with Crippen molar-refractivity contribution in [2.75, 3.05) is 17.2 Å². The fraction of sp³-hybridized carbons (Fsp3) is 0.125. The van der Waals surface area contributed by atoms with Crippen LogP contribution in [0.1, 0.15) is 17.5 Å². The molecule has 3 N–H and O–H groups in total. The average molecular weight is 397 g/mol. The summed E-state index contributed by atoms with van der Waals surface area (Å²) in [4.78, 5) is 28.2. The molecular weight excluding hydrogens is 378 g/mol. The number of carboxylic acid groups (broad SMARTS) is 1. The van der Waals surface area contributed by atoms with Gasteiger partial charge in [-0.3, -0.25) is 14.6 Å². The van der Waals surface area contributed by atoms with Crippen molar-refractivity contribution in [3.63, 3.8) is 0 Å². The van der Waals surface area contributed by atoms with Gasteiger partial charge in [0.2, 0.25) is 0 Å². The van der Waals surface area contributed by atoms with Crippen molar-refractivity contribution >= 4 is 39.5 Å². The summed E-state index contributed by atoms with van der Waals surface area (Å²) in [5.74, 6) is -0.797. The quantitative estimate of drug-likeness (QED) is 0.619. The number of allylic oxidation sites excluding steroid dienone is 2. The molecule has 1 aromatic heterocycles. The summed E-state index contributed by atoms with van der Waals surface area (Å²) in [5.41, 5.74) is 5.81. The number of nitrogens with one attached hydrogen (secondary N) is 2. The Morgan fingerprint density at radius 2 is 2.03 bits per heavy atom. The van der Waals surface area contributed by atoms with Crippen LogP contribution in [0.3, 0.4) is 0 Å². The van der Waals surface area contributed by atoms with Crippen molar-refractivity contribution in [3.05, 3.63) is 83.3 Å². The van der Waals surface area contributed by atoms with Crippen LogP contribution in [0.25, 0.3) is 16.3 Å². The zero-order valence-electron chi connectivity index (χ0n) is 16.1. The molecule has 3 aromatic rings. The number of fused-ring (bicyclic) bond motifs is 2. The first-order valence-corrected chi connectivity index (χ1v) is 9.74. The Morgan fingerprint density at radius 1 is 1.13 bits per heavy atom. The molecule has 148 valence electrons. The molecule has 0 saturated heterocycles. The summed E-state index contributed by atoms with van der Waals surface area (Å²) < 4.78 is 0. The number of anilines is 2. The van der Waals surface area contributed by atoms with Crippen molar-refractivity contribution in [1.29, 1.82) is 0 Å². The first-order chi connectivity index (χ1) is 14.6. The first-order valence-electron chi connectivity index (χ1n) is 9.74. The zero-order chi connectivity index (χ0) is 20.7. The second-order valence-electron chi connectivity index (χ2n) is 7.49. The molecule has 0 unspecified atom stereocenters. The lowest BCUT2D eigenvalue weighted by molar-refractivity contribution is -0.136. The monoisotopic (exact) mass is 397 g/mol. The fourth-order valence-electron chi connectivity index (χ4n) is 4.08. The summed E-state index contributed by atoms with van der Waals surface area (Å²) in [6.45, 7) is 0.397. The number of carbonyl (C=O) groups excluding carboxylic acids is 1. The van der Waals surface area contributed by atoms with E-state index >= 15 is 0 Å². The smallest absolute Gasteiger partial charge is 0.307 e. The molecule has 0 atom stereocenters. The van der Waals surface area contributed by atoms with E-state index in [4.69, 9.17) is 5.11 Å². The van der Waals surface area contributed by atoms with E-state index in [2.05, 4.69) is 15.6 Å². The lowest BCUT2D eigenvalue weighted by Gasteiger charge is -2.19. The molecule has 0 saturated carbocycles. The van der Waals surface area contributed by atoms with Gasteiger partial charge in [-0.1, -0.05) is 24.3 Å². The number of benzene rings is 2. The Labute approximate surface area is 173 Å². The van der Waals surface area contributed by atoms with Gasteiger partial charge in [0, 0.05) is 42.0 Å². The number of aliphatic carboxylic acids is 1. The fourth-order valence-corrected chi connectivity index (χ4v) is 4.08. The van der Waals surface area contributed by atoms with Gasteiger partial charge in [0.1, 0.15) is 0 Å². The molecule has 0 spiro atoms. The van der Waals surface area contributed by atoms with Crippen molar-refractivity contribution in [2.45, 2.75) is 12.8 Å². The maximum atomic E-state index is 13.0. The molecule has 0 radical (unpaired) electrons. The number of rotatable bonds is 3. The standard InChI is InChI=1S/C24H19N3O3/c28-23-11-16(17-3-1-2-15-12-25-7-6-18(15)17)10-21-19(23)13-26-22-8-14(9-24(29)30)4-5-20(22)27-21/h1-8,10,12,26-27H,9,11,13H2,(H,29,30). The molecule has 2 aliphatic rings. The Morgan fingerprint density at radius 3 is 2.90 bits per heavy atom. The number of hydrogen-bond donors (Lipinski definition) is 3. The number of nitrogens with zero attached hydrogens (tertiary/aromatic N) is 1. The Kier molecular flexibility index (Phi) is 4.32. The van der Waals surface area contributed by atoms with E-state index < -0.39 is 5.97 Å². The normalized spacial score (nSPS) is 15.5. The van der Waals surface area contributed by atoms with Crippen LogP contribution in [0.15, 0.2) is 72.2 Å². The van der Waals surface area contributed by atoms with Crippen LogP contribution in [-0.2, 0) is 16.0 Å². The van der Waals surface area contributed by atoms with Gasteiger partial charge in [0.15, 0.2) is 5.78 Å². The number of hydrogen-bond acceptors (Lipinski definition) is 5. The summed E-state index contributed by atoms with van der Waals surface area (Å²) in [5, 5.41) is 17.8. The van der Waals surface area contributed by atoms with Crippen molar-refractivity contribution in [1.82, 2.24) is 4.98 Å². The zero-order valence-corrected chi connectivity index (χ0v) is 16.1.